The van der Waals surface area contributed by atoms with Gasteiger partial charge < -0.3 is 24.6 Å². The van der Waals surface area contributed by atoms with Gasteiger partial charge in [-0.1, -0.05) is 36.4 Å². The second-order valence-electron chi connectivity index (χ2n) is 9.86. The molecule has 2 fully saturated rings. The number of nitrogens with zero attached hydrogens (tertiary/aromatic N) is 3. The van der Waals surface area contributed by atoms with Crippen molar-refractivity contribution in [3.8, 4) is 11.5 Å². The van der Waals surface area contributed by atoms with Gasteiger partial charge in [0.05, 0.1) is 24.5 Å². The van der Waals surface area contributed by atoms with Crippen molar-refractivity contribution >= 4 is 23.3 Å². The number of amides is 3. The van der Waals surface area contributed by atoms with E-state index in [2.05, 4.69) is 10.2 Å². The molecule has 3 aliphatic heterocycles. The molecule has 2 atom stereocenters. The van der Waals surface area contributed by atoms with E-state index < -0.39 is 5.72 Å². The van der Waals surface area contributed by atoms with Gasteiger partial charge in [-0.25, -0.2) is 4.79 Å². The summed E-state index contributed by atoms with van der Waals surface area (Å²) in [6.45, 7) is 4.57. The van der Waals surface area contributed by atoms with Crippen LogP contribution in [0.3, 0.4) is 0 Å². The van der Waals surface area contributed by atoms with Crippen molar-refractivity contribution in [1.82, 2.24) is 10.2 Å². The molecule has 8 nitrogen and oxygen atoms in total. The summed E-state index contributed by atoms with van der Waals surface area (Å²) in [6.07, 6.45) is 0.610. The lowest BCUT2D eigenvalue weighted by molar-refractivity contribution is 0.0378. The number of carbonyl (C=O) groups is 2. The zero-order valence-corrected chi connectivity index (χ0v) is 21.0. The van der Waals surface area contributed by atoms with Gasteiger partial charge in [0, 0.05) is 43.7 Å². The fourth-order valence-corrected chi connectivity index (χ4v) is 5.72. The Balaban J connectivity index is 1.20. The Morgan fingerprint density at radius 1 is 1.00 bits per heavy atom. The first-order valence-electron chi connectivity index (χ1n) is 12.6. The Hall–Kier alpha value is -4.20. The van der Waals surface area contributed by atoms with E-state index in [0.29, 0.717) is 43.9 Å². The van der Waals surface area contributed by atoms with Crippen LogP contribution in [0.2, 0.25) is 0 Å². The third kappa shape index (κ3) is 4.02. The molecule has 3 aromatic carbocycles. The number of rotatable bonds is 4. The standard InChI is InChI=1S/C29H30N4O4/c1-29-19-23(22-10-3-5-12-25(22)37-29)30-28(35)33(29)21-9-7-8-20(18-21)27(34)32-16-14-31(15-17-32)24-11-4-6-13-26(24)36-2/h3-13,18,23H,14-17,19H2,1-2H3,(H,30,35)/t23-,29-/m0/s1. The van der Waals surface area contributed by atoms with Gasteiger partial charge in [0.25, 0.3) is 5.91 Å². The lowest BCUT2D eigenvalue weighted by Crippen LogP contribution is -2.65. The molecule has 0 aliphatic carbocycles. The quantitative estimate of drug-likeness (QED) is 0.576. The molecule has 3 heterocycles. The molecule has 0 saturated carbocycles. The minimum absolute atomic E-state index is 0.0446. The second kappa shape index (κ2) is 9.03. The highest BCUT2D eigenvalue weighted by Gasteiger charge is 2.49. The van der Waals surface area contributed by atoms with Gasteiger partial charge in [-0.2, -0.15) is 0 Å². The van der Waals surface area contributed by atoms with Crippen molar-refractivity contribution in [1.29, 1.82) is 0 Å². The molecule has 0 spiro atoms. The Kier molecular flexibility index (Phi) is 5.67. The number of para-hydroxylation sites is 3. The number of anilines is 2. The summed E-state index contributed by atoms with van der Waals surface area (Å²) in [5.41, 5.74) is 2.36. The molecule has 3 aromatic rings. The highest BCUT2D eigenvalue weighted by atomic mass is 16.5. The van der Waals surface area contributed by atoms with Crippen molar-refractivity contribution in [3.05, 3.63) is 83.9 Å². The van der Waals surface area contributed by atoms with Crippen molar-refractivity contribution in [2.75, 3.05) is 43.1 Å². The monoisotopic (exact) mass is 498 g/mol. The van der Waals surface area contributed by atoms with Crippen molar-refractivity contribution in [3.63, 3.8) is 0 Å². The fourth-order valence-electron chi connectivity index (χ4n) is 5.72. The number of fused-ring (bicyclic) bond motifs is 4. The number of hydrogen-bond donors (Lipinski definition) is 1. The van der Waals surface area contributed by atoms with Crippen LogP contribution in [0, 0.1) is 0 Å². The molecular formula is C29H30N4O4. The molecule has 0 unspecified atom stereocenters. The van der Waals surface area contributed by atoms with Gasteiger partial charge in [0.2, 0.25) is 0 Å². The van der Waals surface area contributed by atoms with Gasteiger partial charge in [-0.3, -0.25) is 9.69 Å². The zero-order chi connectivity index (χ0) is 25.6. The first kappa shape index (κ1) is 23.2. The van der Waals surface area contributed by atoms with E-state index in [-0.39, 0.29) is 18.0 Å². The smallest absolute Gasteiger partial charge is 0.325 e. The maximum absolute atomic E-state index is 13.5. The predicted molar refractivity (Wildman–Crippen MR) is 141 cm³/mol. The van der Waals surface area contributed by atoms with E-state index in [4.69, 9.17) is 9.47 Å². The lowest BCUT2D eigenvalue weighted by atomic mass is 9.90. The van der Waals surface area contributed by atoms with Crippen LogP contribution < -0.4 is 24.6 Å². The summed E-state index contributed by atoms with van der Waals surface area (Å²) in [4.78, 5) is 32.5. The number of benzene rings is 3. The van der Waals surface area contributed by atoms with E-state index in [1.807, 2.05) is 78.6 Å². The number of carbonyl (C=O) groups excluding carboxylic acids is 2. The minimum atomic E-state index is -0.858. The van der Waals surface area contributed by atoms with Crippen molar-refractivity contribution < 1.29 is 19.1 Å². The lowest BCUT2D eigenvalue weighted by Gasteiger charge is -2.50. The predicted octanol–water partition coefficient (Wildman–Crippen LogP) is 4.43. The summed E-state index contributed by atoms with van der Waals surface area (Å²) in [7, 11) is 1.67. The van der Waals surface area contributed by atoms with Gasteiger partial charge in [-0.05, 0) is 43.3 Å². The molecular weight excluding hydrogens is 468 g/mol. The van der Waals surface area contributed by atoms with Crippen LogP contribution in [-0.2, 0) is 0 Å². The molecule has 8 heteroatoms. The number of piperazine rings is 1. The van der Waals surface area contributed by atoms with Gasteiger partial charge >= 0.3 is 6.03 Å². The average Bonchev–Trinajstić information content (AvgIpc) is 2.92. The van der Waals surface area contributed by atoms with Crippen LogP contribution in [-0.4, -0.2) is 55.9 Å². The topological polar surface area (TPSA) is 74.4 Å². The number of methoxy groups -OCH3 is 1. The average molecular weight is 499 g/mol. The SMILES string of the molecule is COc1ccccc1N1CCN(C(=O)c2cccc(N3C(=O)N[C@H]4C[C@]3(C)Oc3ccccc34)c2)CC1. The molecule has 1 N–H and O–H groups in total. The van der Waals surface area contributed by atoms with Gasteiger partial charge in [0.1, 0.15) is 11.5 Å². The second-order valence-corrected chi connectivity index (χ2v) is 9.86. The molecule has 2 bridgehead atoms. The summed E-state index contributed by atoms with van der Waals surface area (Å²) in [6, 6.07) is 22.7. The van der Waals surface area contributed by atoms with Gasteiger partial charge in [0.15, 0.2) is 5.72 Å². The van der Waals surface area contributed by atoms with E-state index in [0.717, 1.165) is 22.7 Å². The van der Waals surface area contributed by atoms with Crippen molar-refractivity contribution in [2.45, 2.75) is 25.1 Å². The van der Waals surface area contributed by atoms with Crippen molar-refractivity contribution in [2.24, 2.45) is 0 Å². The summed E-state index contributed by atoms with van der Waals surface area (Å²) >= 11 is 0. The number of ether oxygens (including phenoxy) is 2. The molecule has 37 heavy (non-hydrogen) atoms. The third-order valence-electron chi connectivity index (χ3n) is 7.52. The first-order chi connectivity index (χ1) is 18.0. The highest BCUT2D eigenvalue weighted by Crippen LogP contribution is 2.45. The molecule has 6 rings (SSSR count). The van der Waals surface area contributed by atoms with E-state index in [1.165, 1.54) is 0 Å². The molecule has 0 aromatic heterocycles. The molecule has 3 amide bonds. The Morgan fingerprint density at radius 3 is 2.57 bits per heavy atom. The Morgan fingerprint density at radius 2 is 1.76 bits per heavy atom. The van der Waals surface area contributed by atoms with Crippen LogP contribution >= 0.6 is 0 Å². The van der Waals surface area contributed by atoms with E-state index in [9.17, 15) is 9.59 Å². The molecule has 2 saturated heterocycles. The van der Waals surface area contributed by atoms with Crippen LogP contribution in [0.4, 0.5) is 16.2 Å². The summed E-state index contributed by atoms with van der Waals surface area (Å²) in [5, 5.41) is 3.12. The minimum Gasteiger partial charge on any atom is -0.495 e. The Labute approximate surface area is 216 Å². The number of nitrogens with one attached hydrogen (secondary N) is 1. The summed E-state index contributed by atoms with van der Waals surface area (Å²) in [5.74, 6) is 1.56. The maximum Gasteiger partial charge on any atom is 0.325 e. The molecule has 3 aliphatic rings. The molecule has 190 valence electrons. The largest absolute Gasteiger partial charge is 0.495 e. The van der Waals surface area contributed by atoms with E-state index in [1.54, 1.807) is 18.1 Å². The summed E-state index contributed by atoms with van der Waals surface area (Å²) < 4.78 is 11.9. The fraction of sp³-hybridized carbons (Fsp3) is 0.310. The van der Waals surface area contributed by atoms with Crippen LogP contribution in [0.25, 0.3) is 0 Å². The van der Waals surface area contributed by atoms with Crippen LogP contribution in [0.15, 0.2) is 72.8 Å². The zero-order valence-electron chi connectivity index (χ0n) is 21.0. The first-order valence-corrected chi connectivity index (χ1v) is 12.6. The third-order valence-corrected chi connectivity index (χ3v) is 7.52. The molecule has 0 radical (unpaired) electrons. The van der Waals surface area contributed by atoms with Crippen LogP contribution in [0.5, 0.6) is 11.5 Å². The normalized spacial score (nSPS) is 22.6. The highest BCUT2D eigenvalue weighted by molar-refractivity contribution is 5.99. The van der Waals surface area contributed by atoms with Gasteiger partial charge in [-0.15, -0.1) is 0 Å². The van der Waals surface area contributed by atoms with E-state index >= 15 is 0 Å². The number of urea groups is 1. The van der Waals surface area contributed by atoms with Crippen LogP contribution in [0.1, 0.15) is 35.3 Å². The number of hydrogen-bond acceptors (Lipinski definition) is 5. The maximum atomic E-state index is 13.5. The Bertz CT molecular complexity index is 1350.